The third-order valence-electron chi connectivity index (χ3n) is 7.12. The molecule has 2 aliphatic rings. The lowest BCUT2D eigenvalue weighted by molar-refractivity contribution is -0.124. The highest BCUT2D eigenvalue weighted by atomic mass is 16.5. The van der Waals surface area contributed by atoms with Crippen LogP contribution in [0.4, 0.5) is 0 Å². The molecule has 2 aromatic carbocycles. The Morgan fingerprint density at radius 1 is 1.05 bits per heavy atom. The molecule has 208 valence electrons. The molecular formula is C30H33N5O5. The molecule has 0 saturated carbocycles. The average molecular weight is 544 g/mol. The minimum Gasteiger partial charge on any atom is -0.457 e. The highest BCUT2D eigenvalue weighted by molar-refractivity contribution is 5.97. The number of amides is 3. The summed E-state index contributed by atoms with van der Waals surface area (Å²) in [7, 11) is 1.58. The molecule has 2 aliphatic heterocycles. The summed E-state index contributed by atoms with van der Waals surface area (Å²) < 4.78 is 12.4. The van der Waals surface area contributed by atoms with Crippen molar-refractivity contribution in [2.24, 2.45) is 0 Å². The van der Waals surface area contributed by atoms with E-state index >= 15 is 0 Å². The van der Waals surface area contributed by atoms with Crippen LogP contribution in [-0.4, -0.2) is 76.3 Å². The van der Waals surface area contributed by atoms with E-state index in [4.69, 9.17) is 9.47 Å². The molecule has 10 nitrogen and oxygen atoms in total. The quantitative estimate of drug-likeness (QED) is 0.501. The number of likely N-dealkylation sites (N-methyl/N-ethyl adjacent to an activating group) is 1. The molecule has 3 heterocycles. The number of hydrogen-bond donors (Lipinski definition) is 1. The SMILES string of the molecule is Cc1cc(C(=O)N2CC[C@H]3OCc4cccc(c4)Oc4cc(ccc4C)C(=O)N(C)CC(=O)N[C@H]3C2)nc(C)n1. The van der Waals surface area contributed by atoms with Gasteiger partial charge in [0, 0.05) is 31.4 Å². The van der Waals surface area contributed by atoms with Gasteiger partial charge in [0.2, 0.25) is 5.91 Å². The van der Waals surface area contributed by atoms with Crippen molar-refractivity contribution < 1.29 is 23.9 Å². The van der Waals surface area contributed by atoms with E-state index in [1.807, 2.05) is 44.2 Å². The summed E-state index contributed by atoms with van der Waals surface area (Å²) in [5.41, 5.74) is 3.25. The topological polar surface area (TPSA) is 114 Å². The third-order valence-corrected chi connectivity index (χ3v) is 7.12. The summed E-state index contributed by atoms with van der Waals surface area (Å²) in [5.74, 6) is 0.869. The van der Waals surface area contributed by atoms with E-state index in [9.17, 15) is 14.4 Å². The van der Waals surface area contributed by atoms with Gasteiger partial charge in [-0.1, -0.05) is 18.2 Å². The Hall–Kier alpha value is -4.31. The van der Waals surface area contributed by atoms with Crippen molar-refractivity contribution in [2.75, 3.05) is 26.7 Å². The van der Waals surface area contributed by atoms with Gasteiger partial charge in [0.15, 0.2) is 0 Å². The summed E-state index contributed by atoms with van der Waals surface area (Å²) in [5, 5.41) is 3.02. The maximum absolute atomic E-state index is 13.3. The highest BCUT2D eigenvalue weighted by Crippen LogP contribution is 2.28. The van der Waals surface area contributed by atoms with Crippen molar-refractivity contribution in [1.82, 2.24) is 25.1 Å². The second-order valence-corrected chi connectivity index (χ2v) is 10.4. The van der Waals surface area contributed by atoms with E-state index in [0.29, 0.717) is 53.8 Å². The second-order valence-electron chi connectivity index (χ2n) is 10.4. The van der Waals surface area contributed by atoms with Crippen LogP contribution in [0.15, 0.2) is 48.5 Å². The number of carbonyl (C=O) groups excluding carboxylic acids is 3. The van der Waals surface area contributed by atoms with Gasteiger partial charge in [0.25, 0.3) is 11.8 Å². The Balaban J connectivity index is 1.41. The molecule has 1 saturated heterocycles. The van der Waals surface area contributed by atoms with Gasteiger partial charge in [-0.25, -0.2) is 9.97 Å². The minimum atomic E-state index is -0.476. The maximum Gasteiger partial charge on any atom is 0.272 e. The molecule has 5 rings (SSSR count). The first-order valence-electron chi connectivity index (χ1n) is 13.3. The average Bonchev–Trinajstić information content (AvgIpc) is 2.92. The van der Waals surface area contributed by atoms with E-state index in [1.54, 1.807) is 37.1 Å². The first-order valence-corrected chi connectivity index (χ1v) is 13.3. The number of aromatic nitrogens is 2. The summed E-state index contributed by atoms with van der Waals surface area (Å²) in [4.78, 5) is 51.3. The standard InChI is InChI=1S/C30H33N5O5/c1-18-8-9-22-14-27(18)40-23-7-5-6-21(13-23)17-39-26-10-11-35(30(38)24-12-19(2)31-20(3)32-24)15-25(26)33-28(36)16-34(4)29(22)37/h5-9,12-14,25-26H,10-11,15-17H2,1-4H3,(H,33,36)/t25-,26+/m0/s1. The number of nitrogens with one attached hydrogen (secondary N) is 1. The number of ether oxygens (including phenoxy) is 2. The summed E-state index contributed by atoms with van der Waals surface area (Å²) in [6.07, 6.45) is 0.185. The van der Waals surface area contributed by atoms with Crippen LogP contribution in [0, 0.1) is 20.8 Å². The number of nitrogens with zero attached hydrogens (tertiary/aromatic N) is 4. The second kappa shape index (κ2) is 11.4. The van der Waals surface area contributed by atoms with Crippen LogP contribution >= 0.6 is 0 Å². The molecule has 3 amide bonds. The molecule has 0 spiro atoms. The van der Waals surface area contributed by atoms with Crippen molar-refractivity contribution in [3.63, 3.8) is 0 Å². The van der Waals surface area contributed by atoms with Crippen molar-refractivity contribution in [3.05, 3.63) is 82.4 Å². The molecule has 0 unspecified atom stereocenters. The molecule has 10 heteroatoms. The predicted octanol–water partition coefficient (Wildman–Crippen LogP) is 3.20. The van der Waals surface area contributed by atoms with Crippen LogP contribution in [0.5, 0.6) is 11.5 Å². The van der Waals surface area contributed by atoms with E-state index < -0.39 is 6.04 Å². The fourth-order valence-corrected chi connectivity index (χ4v) is 5.07. The van der Waals surface area contributed by atoms with Gasteiger partial charge >= 0.3 is 0 Å². The Labute approximate surface area is 233 Å². The number of hydrogen-bond acceptors (Lipinski definition) is 7. The van der Waals surface area contributed by atoms with Gasteiger partial charge in [-0.05, 0) is 68.7 Å². The van der Waals surface area contributed by atoms with Crippen molar-refractivity contribution in [2.45, 2.75) is 45.9 Å². The first kappa shape index (κ1) is 27.3. The zero-order chi connectivity index (χ0) is 28.4. The highest BCUT2D eigenvalue weighted by Gasteiger charge is 2.34. The zero-order valence-corrected chi connectivity index (χ0v) is 23.1. The fourth-order valence-electron chi connectivity index (χ4n) is 5.07. The largest absolute Gasteiger partial charge is 0.457 e. The third kappa shape index (κ3) is 6.12. The lowest BCUT2D eigenvalue weighted by Crippen LogP contribution is -2.58. The lowest BCUT2D eigenvalue weighted by atomic mass is 10.0. The van der Waals surface area contributed by atoms with Gasteiger partial charge in [0.1, 0.15) is 23.0 Å². The maximum atomic E-state index is 13.3. The number of carbonyl (C=O) groups is 3. The predicted molar refractivity (Wildman–Crippen MR) is 147 cm³/mol. The Kier molecular flexibility index (Phi) is 7.79. The van der Waals surface area contributed by atoms with Crippen LogP contribution in [0.1, 0.15) is 49.9 Å². The molecule has 40 heavy (non-hydrogen) atoms. The monoisotopic (exact) mass is 543 g/mol. The summed E-state index contributed by atoms with van der Waals surface area (Å²) >= 11 is 0. The number of rotatable bonds is 1. The van der Waals surface area contributed by atoms with Crippen LogP contribution in [0.25, 0.3) is 0 Å². The van der Waals surface area contributed by atoms with Crippen LogP contribution in [-0.2, 0) is 16.1 Å². The molecule has 1 fully saturated rings. The molecule has 1 aromatic heterocycles. The molecule has 0 aliphatic carbocycles. The number of likely N-dealkylation sites (tertiary alicyclic amines) is 1. The van der Waals surface area contributed by atoms with Gasteiger partial charge in [-0.2, -0.15) is 0 Å². The number of benzene rings is 2. The minimum absolute atomic E-state index is 0.149. The molecule has 3 aromatic rings. The van der Waals surface area contributed by atoms with E-state index in [1.165, 1.54) is 4.90 Å². The number of aryl methyl sites for hydroxylation is 3. The molecular weight excluding hydrogens is 510 g/mol. The summed E-state index contributed by atoms with van der Waals surface area (Å²) in [6, 6.07) is 14.0. The zero-order valence-electron chi connectivity index (χ0n) is 23.1. The molecule has 4 bridgehead atoms. The van der Waals surface area contributed by atoms with E-state index in [2.05, 4.69) is 15.3 Å². The van der Waals surface area contributed by atoms with Crippen LogP contribution < -0.4 is 10.1 Å². The summed E-state index contributed by atoms with van der Waals surface area (Å²) in [6.45, 7) is 6.35. The van der Waals surface area contributed by atoms with Crippen LogP contribution in [0.3, 0.4) is 0 Å². The number of fused-ring (bicyclic) bond motifs is 5. The van der Waals surface area contributed by atoms with Gasteiger partial charge in [-0.15, -0.1) is 0 Å². The Morgan fingerprint density at radius 3 is 2.67 bits per heavy atom. The van der Waals surface area contributed by atoms with E-state index in [0.717, 1.165) is 11.1 Å². The van der Waals surface area contributed by atoms with Crippen molar-refractivity contribution >= 4 is 17.7 Å². The number of piperidine rings is 1. The van der Waals surface area contributed by atoms with Crippen molar-refractivity contribution in [3.8, 4) is 11.5 Å². The van der Waals surface area contributed by atoms with Gasteiger partial charge < -0.3 is 24.6 Å². The van der Waals surface area contributed by atoms with Gasteiger partial charge in [0.05, 0.1) is 25.3 Å². The molecule has 0 radical (unpaired) electrons. The van der Waals surface area contributed by atoms with Crippen LogP contribution in [0.2, 0.25) is 0 Å². The molecule has 2 atom stereocenters. The normalized spacial score (nSPS) is 19.9. The Bertz CT molecular complexity index is 1440. The Morgan fingerprint density at radius 2 is 1.88 bits per heavy atom. The van der Waals surface area contributed by atoms with E-state index in [-0.39, 0.29) is 36.9 Å². The lowest BCUT2D eigenvalue weighted by Gasteiger charge is -2.39. The van der Waals surface area contributed by atoms with Gasteiger partial charge in [-0.3, -0.25) is 14.4 Å². The molecule has 1 N–H and O–H groups in total. The fraction of sp³-hybridized carbons (Fsp3) is 0.367. The smallest absolute Gasteiger partial charge is 0.272 e. The first-order chi connectivity index (χ1) is 19.2. The van der Waals surface area contributed by atoms with Crippen molar-refractivity contribution in [1.29, 1.82) is 0 Å².